The summed E-state index contributed by atoms with van der Waals surface area (Å²) in [6.07, 6.45) is 0. The van der Waals surface area contributed by atoms with Gasteiger partial charge in [-0.15, -0.1) is 0 Å². The van der Waals surface area contributed by atoms with Gasteiger partial charge < -0.3 is 10.4 Å². The van der Waals surface area contributed by atoms with Gasteiger partial charge in [-0.05, 0) is 25.1 Å². The van der Waals surface area contributed by atoms with Gasteiger partial charge in [-0.2, -0.15) is 0 Å². The molecule has 0 aliphatic heterocycles. The van der Waals surface area contributed by atoms with Crippen molar-refractivity contribution >= 4 is 11.8 Å². The first-order chi connectivity index (χ1) is 9.47. The van der Waals surface area contributed by atoms with Crippen LogP contribution in [-0.4, -0.2) is 16.1 Å². The topological polar surface area (TPSA) is 62.2 Å². The molecule has 2 N–H and O–H groups in total. The second kappa shape index (κ2) is 5.64. The molecule has 1 aromatic carbocycles. The molecule has 4 nitrogen and oxygen atoms in total. The van der Waals surface area contributed by atoms with Crippen LogP contribution in [0.25, 0.3) is 0 Å². The summed E-state index contributed by atoms with van der Waals surface area (Å²) in [5.74, 6) is -2.33. The van der Waals surface area contributed by atoms with Gasteiger partial charge in [-0.1, -0.05) is 6.07 Å². The van der Waals surface area contributed by atoms with Crippen molar-refractivity contribution in [2.45, 2.75) is 13.5 Å². The third kappa shape index (κ3) is 3.09. The van der Waals surface area contributed by atoms with E-state index in [0.29, 0.717) is 5.69 Å². The molecule has 0 saturated heterocycles. The summed E-state index contributed by atoms with van der Waals surface area (Å²) in [6, 6.07) is 6.22. The minimum atomic E-state index is -1.13. The van der Waals surface area contributed by atoms with E-state index < -0.39 is 17.6 Å². The molecule has 0 aliphatic rings. The molecule has 6 heteroatoms. The van der Waals surface area contributed by atoms with E-state index >= 15 is 0 Å². The van der Waals surface area contributed by atoms with E-state index in [1.807, 2.05) is 0 Å². The minimum absolute atomic E-state index is 0.00174. The number of hydrogen-bond donors (Lipinski definition) is 2. The largest absolute Gasteiger partial charge is 0.478 e. The van der Waals surface area contributed by atoms with Crippen molar-refractivity contribution in [1.82, 2.24) is 4.98 Å². The predicted octanol–water partition coefficient (Wildman–Crippen LogP) is 2.98. The highest BCUT2D eigenvalue weighted by atomic mass is 19.1. The Labute approximate surface area is 114 Å². The van der Waals surface area contributed by atoms with E-state index in [2.05, 4.69) is 10.3 Å². The van der Waals surface area contributed by atoms with Crippen LogP contribution >= 0.6 is 0 Å². The summed E-state index contributed by atoms with van der Waals surface area (Å²) in [5.41, 5.74) is 0.862. The maximum absolute atomic E-state index is 13.5. The van der Waals surface area contributed by atoms with Crippen molar-refractivity contribution in [1.29, 1.82) is 0 Å². The SMILES string of the molecule is Cc1ccc(C(=O)O)c(NCc2ccc(F)cc2F)n1. The Morgan fingerprint density at radius 1 is 1.30 bits per heavy atom. The first-order valence-corrected chi connectivity index (χ1v) is 5.86. The molecule has 0 saturated carbocycles. The summed E-state index contributed by atoms with van der Waals surface area (Å²) >= 11 is 0. The van der Waals surface area contributed by atoms with Crippen LogP contribution in [0.5, 0.6) is 0 Å². The highest BCUT2D eigenvalue weighted by molar-refractivity contribution is 5.93. The lowest BCUT2D eigenvalue weighted by Gasteiger charge is -2.10. The molecule has 20 heavy (non-hydrogen) atoms. The summed E-state index contributed by atoms with van der Waals surface area (Å²) in [6.45, 7) is 1.73. The summed E-state index contributed by atoms with van der Waals surface area (Å²) in [4.78, 5) is 15.1. The number of hydrogen-bond acceptors (Lipinski definition) is 3. The van der Waals surface area contributed by atoms with Crippen LogP contribution in [0.3, 0.4) is 0 Å². The quantitative estimate of drug-likeness (QED) is 0.902. The number of anilines is 1. The van der Waals surface area contributed by atoms with E-state index in [1.165, 1.54) is 12.1 Å². The molecule has 2 rings (SSSR count). The number of benzene rings is 1. The number of pyridine rings is 1. The standard InChI is InChI=1S/C14H12F2N2O2/c1-8-2-5-11(14(19)20)13(18-8)17-7-9-3-4-10(15)6-12(9)16/h2-6H,7H2,1H3,(H,17,18)(H,19,20). The monoisotopic (exact) mass is 278 g/mol. The van der Waals surface area contributed by atoms with E-state index in [0.717, 1.165) is 12.1 Å². The average Bonchev–Trinajstić information content (AvgIpc) is 2.37. The third-order valence-electron chi connectivity index (χ3n) is 2.73. The van der Waals surface area contributed by atoms with E-state index in [-0.39, 0.29) is 23.5 Å². The van der Waals surface area contributed by atoms with E-state index in [4.69, 9.17) is 5.11 Å². The van der Waals surface area contributed by atoms with Crippen LogP contribution in [0.1, 0.15) is 21.6 Å². The van der Waals surface area contributed by atoms with Crippen LogP contribution < -0.4 is 5.32 Å². The zero-order chi connectivity index (χ0) is 14.7. The first kappa shape index (κ1) is 13.9. The fraction of sp³-hybridized carbons (Fsp3) is 0.143. The number of aryl methyl sites for hydroxylation is 1. The van der Waals surface area contributed by atoms with Crippen LogP contribution in [0.4, 0.5) is 14.6 Å². The number of carbonyl (C=O) groups is 1. The van der Waals surface area contributed by atoms with Gasteiger partial charge in [-0.25, -0.2) is 18.6 Å². The van der Waals surface area contributed by atoms with Crippen molar-refractivity contribution in [3.8, 4) is 0 Å². The molecule has 0 fully saturated rings. The fourth-order valence-corrected chi connectivity index (χ4v) is 1.71. The molecule has 2 aromatic rings. The fourth-order valence-electron chi connectivity index (χ4n) is 1.71. The Morgan fingerprint density at radius 3 is 2.70 bits per heavy atom. The number of carboxylic acid groups (broad SMARTS) is 1. The van der Waals surface area contributed by atoms with Gasteiger partial charge in [0.25, 0.3) is 0 Å². The molecular formula is C14H12F2N2O2. The van der Waals surface area contributed by atoms with Gasteiger partial charge in [0.2, 0.25) is 0 Å². The summed E-state index contributed by atoms with van der Waals surface area (Å²) in [5, 5.41) is 11.8. The molecule has 0 aliphatic carbocycles. The number of nitrogens with one attached hydrogen (secondary N) is 1. The number of carboxylic acids is 1. The Morgan fingerprint density at radius 2 is 2.05 bits per heavy atom. The molecule has 0 spiro atoms. The van der Waals surface area contributed by atoms with Crippen molar-refractivity contribution < 1.29 is 18.7 Å². The lowest BCUT2D eigenvalue weighted by atomic mass is 10.2. The Bertz CT molecular complexity index is 660. The normalized spacial score (nSPS) is 10.3. The van der Waals surface area contributed by atoms with Gasteiger partial charge in [-0.3, -0.25) is 0 Å². The first-order valence-electron chi connectivity index (χ1n) is 5.86. The van der Waals surface area contributed by atoms with Gasteiger partial charge in [0, 0.05) is 23.9 Å². The summed E-state index contributed by atoms with van der Waals surface area (Å²) in [7, 11) is 0. The molecule has 1 aromatic heterocycles. The van der Waals surface area contributed by atoms with Crippen molar-refractivity contribution in [2.75, 3.05) is 5.32 Å². The Balaban J connectivity index is 2.22. The molecular weight excluding hydrogens is 266 g/mol. The molecule has 0 amide bonds. The molecule has 0 unspecified atom stereocenters. The van der Waals surface area contributed by atoms with E-state index in [9.17, 15) is 13.6 Å². The smallest absolute Gasteiger partial charge is 0.339 e. The number of nitrogens with zero attached hydrogens (tertiary/aromatic N) is 1. The second-order valence-corrected chi connectivity index (χ2v) is 4.24. The predicted molar refractivity (Wildman–Crippen MR) is 69.6 cm³/mol. The van der Waals surface area contributed by atoms with E-state index in [1.54, 1.807) is 13.0 Å². The van der Waals surface area contributed by atoms with Gasteiger partial charge in [0.1, 0.15) is 23.0 Å². The summed E-state index contributed by atoms with van der Waals surface area (Å²) < 4.78 is 26.3. The van der Waals surface area contributed by atoms with Gasteiger partial charge in [0.15, 0.2) is 0 Å². The zero-order valence-corrected chi connectivity index (χ0v) is 10.7. The van der Waals surface area contributed by atoms with Gasteiger partial charge >= 0.3 is 5.97 Å². The Kier molecular flexibility index (Phi) is 3.93. The van der Waals surface area contributed by atoms with Crippen molar-refractivity contribution in [3.63, 3.8) is 0 Å². The molecule has 0 radical (unpaired) electrons. The number of aromatic carboxylic acids is 1. The maximum Gasteiger partial charge on any atom is 0.339 e. The lowest BCUT2D eigenvalue weighted by Crippen LogP contribution is -2.10. The van der Waals surface area contributed by atoms with Gasteiger partial charge in [0.05, 0.1) is 0 Å². The molecule has 0 atom stereocenters. The third-order valence-corrected chi connectivity index (χ3v) is 2.73. The number of halogens is 2. The van der Waals surface area contributed by atoms with Crippen molar-refractivity contribution in [2.24, 2.45) is 0 Å². The number of aromatic nitrogens is 1. The molecule has 104 valence electrons. The second-order valence-electron chi connectivity index (χ2n) is 4.24. The highest BCUT2D eigenvalue weighted by Gasteiger charge is 2.12. The molecule has 1 heterocycles. The van der Waals surface area contributed by atoms with Crippen LogP contribution in [0.15, 0.2) is 30.3 Å². The maximum atomic E-state index is 13.5. The highest BCUT2D eigenvalue weighted by Crippen LogP contribution is 2.16. The number of rotatable bonds is 4. The molecule has 0 bridgehead atoms. The average molecular weight is 278 g/mol. The Hall–Kier alpha value is -2.50. The van der Waals surface area contributed by atoms with Crippen LogP contribution in [0.2, 0.25) is 0 Å². The van der Waals surface area contributed by atoms with Crippen LogP contribution in [0, 0.1) is 18.6 Å². The van der Waals surface area contributed by atoms with Crippen LogP contribution in [-0.2, 0) is 6.54 Å². The zero-order valence-electron chi connectivity index (χ0n) is 10.7. The van der Waals surface area contributed by atoms with Crippen molar-refractivity contribution in [3.05, 3.63) is 58.8 Å². The minimum Gasteiger partial charge on any atom is -0.478 e. The lowest BCUT2D eigenvalue weighted by molar-refractivity contribution is 0.0697.